The molecule has 0 saturated carbocycles. The molecule has 1 aliphatic heterocycles. The molecular weight excluding hydrogens is 246 g/mol. The molecule has 5 nitrogen and oxygen atoms in total. The number of nitrogens with zero attached hydrogens (tertiary/aromatic N) is 1. The van der Waals surface area contributed by atoms with Gasteiger partial charge in [0.1, 0.15) is 11.9 Å². The van der Waals surface area contributed by atoms with Gasteiger partial charge in [-0.1, -0.05) is 12.1 Å². The van der Waals surface area contributed by atoms with E-state index in [1.807, 2.05) is 24.3 Å². The highest BCUT2D eigenvalue weighted by Gasteiger charge is 2.20. The molecular formula is C14H17NO4. The van der Waals surface area contributed by atoms with Gasteiger partial charge in [-0.3, -0.25) is 9.79 Å². The number of carbonyl (C=O) groups is 1. The number of rotatable bonds is 6. The van der Waals surface area contributed by atoms with Gasteiger partial charge < -0.3 is 14.6 Å². The molecule has 0 aromatic heterocycles. The van der Waals surface area contributed by atoms with Crippen LogP contribution in [0.4, 0.5) is 0 Å². The van der Waals surface area contributed by atoms with E-state index in [2.05, 4.69) is 4.99 Å². The minimum absolute atomic E-state index is 0.0932. The van der Waals surface area contributed by atoms with Gasteiger partial charge in [0.25, 0.3) is 0 Å². The van der Waals surface area contributed by atoms with Gasteiger partial charge in [0.2, 0.25) is 0 Å². The lowest BCUT2D eigenvalue weighted by atomic mass is 10.1. The second-order valence-corrected chi connectivity index (χ2v) is 4.43. The van der Waals surface area contributed by atoms with Crippen LogP contribution in [0.2, 0.25) is 0 Å². The zero-order valence-electron chi connectivity index (χ0n) is 10.8. The quantitative estimate of drug-likeness (QED) is 0.851. The van der Waals surface area contributed by atoms with Crippen molar-refractivity contribution < 1.29 is 19.4 Å². The molecule has 5 heteroatoms. The fourth-order valence-corrected chi connectivity index (χ4v) is 1.92. The van der Waals surface area contributed by atoms with Crippen molar-refractivity contribution in [2.24, 2.45) is 4.99 Å². The Bertz CT molecular complexity index is 467. The normalized spacial score (nSPS) is 17.7. The maximum absolute atomic E-state index is 10.5. The summed E-state index contributed by atoms with van der Waals surface area (Å²) in [5, 5.41) is 8.62. The van der Waals surface area contributed by atoms with Crippen LogP contribution in [-0.4, -0.2) is 36.7 Å². The molecule has 1 heterocycles. The van der Waals surface area contributed by atoms with Crippen LogP contribution < -0.4 is 4.74 Å². The molecule has 1 unspecified atom stereocenters. The molecule has 102 valence electrons. The number of aliphatic carboxylic acids is 1. The van der Waals surface area contributed by atoms with Crippen molar-refractivity contribution in [3.05, 3.63) is 29.8 Å². The summed E-state index contributed by atoms with van der Waals surface area (Å²) in [6, 6.07) is 7.73. The second-order valence-electron chi connectivity index (χ2n) is 4.43. The van der Waals surface area contributed by atoms with Crippen molar-refractivity contribution >= 4 is 11.9 Å². The molecule has 0 bridgehead atoms. The maximum atomic E-state index is 10.5. The average molecular weight is 263 g/mol. The molecule has 0 aliphatic carbocycles. The minimum atomic E-state index is -0.799. The summed E-state index contributed by atoms with van der Waals surface area (Å²) in [6.07, 6.45) is 1.17. The van der Waals surface area contributed by atoms with Gasteiger partial charge in [-0.25, -0.2) is 0 Å². The monoisotopic (exact) mass is 263 g/mol. The molecule has 1 aromatic carbocycles. The van der Waals surface area contributed by atoms with E-state index < -0.39 is 5.97 Å². The van der Waals surface area contributed by atoms with Gasteiger partial charge in [-0.2, -0.15) is 0 Å². The predicted molar refractivity (Wildman–Crippen MR) is 70.7 cm³/mol. The number of hydrogen-bond acceptors (Lipinski definition) is 4. The highest BCUT2D eigenvalue weighted by molar-refractivity contribution is 5.80. The maximum Gasteiger partial charge on any atom is 0.303 e. The van der Waals surface area contributed by atoms with E-state index >= 15 is 0 Å². The first-order valence-electron chi connectivity index (χ1n) is 6.22. The van der Waals surface area contributed by atoms with Gasteiger partial charge in [-0.05, 0) is 24.1 Å². The SMILES string of the molecule is COc1ccc(CC2=NCC(CCC(=O)O)O2)cc1. The molecule has 0 spiro atoms. The average Bonchev–Trinajstić information content (AvgIpc) is 2.85. The summed E-state index contributed by atoms with van der Waals surface area (Å²) in [6.45, 7) is 0.554. The van der Waals surface area contributed by atoms with Crippen molar-refractivity contribution in [2.75, 3.05) is 13.7 Å². The van der Waals surface area contributed by atoms with Gasteiger partial charge in [0.15, 0.2) is 5.90 Å². The van der Waals surface area contributed by atoms with Crippen LogP contribution in [0.5, 0.6) is 5.75 Å². The third-order valence-corrected chi connectivity index (χ3v) is 2.97. The topological polar surface area (TPSA) is 68.1 Å². The fraction of sp³-hybridized carbons (Fsp3) is 0.429. The largest absolute Gasteiger partial charge is 0.497 e. The highest BCUT2D eigenvalue weighted by Crippen LogP contribution is 2.16. The smallest absolute Gasteiger partial charge is 0.303 e. The number of benzene rings is 1. The number of carboxylic acids is 1. The van der Waals surface area contributed by atoms with Crippen LogP contribution in [0.3, 0.4) is 0 Å². The van der Waals surface area contributed by atoms with E-state index in [-0.39, 0.29) is 12.5 Å². The van der Waals surface area contributed by atoms with Gasteiger partial charge in [0.05, 0.1) is 13.7 Å². The van der Waals surface area contributed by atoms with Crippen molar-refractivity contribution in [3.8, 4) is 5.75 Å². The third kappa shape index (κ3) is 3.98. The molecule has 19 heavy (non-hydrogen) atoms. The number of methoxy groups -OCH3 is 1. The summed E-state index contributed by atoms with van der Waals surface area (Å²) in [7, 11) is 1.63. The highest BCUT2D eigenvalue weighted by atomic mass is 16.5. The van der Waals surface area contributed by atoms with Crippen molar-refractivity contribution in [2.45, 2.75) is 25.4 Å². The van der Waals surface area contributed by atoms with Crippen molar-refractivity contribution in [1.29, 1.82) is 0 Å². The number of ether oxygens (including phenoxy) is 2. The van der Waals surface area contributed by atoms with Gasteiger partial charge in [0, 0.05) is 12.8 Å². The van der Waals surface area contributed by atoms with E-state index in [0.29, 0.717) is 25.3 Å². The van der Waals surface area contributed by atoms with Crippen LogP contribution in [-0.2, 0) is 16.0 Å². The van der Waals surface area contributed by atoms with E-state index in [0.717, 1.165) is 11.3 Å². The third-order valence-electron chi connectivity index (χ3n) is 2.97. The summed E-state index contributed by atoms with van der Waals surface area (Å²) < 4.78 is 10.7. The molecule has 1 aliphatic rings. The van der Waals surface area contributed by atoms with Crippen LogP contribution >= 0.6 is 0 Å². The van der Waals surface area contributed by atoms with Crippen LogP contribution in [0.15, 0.2) is 29.3 Å². The Morgan fingerprint density at radius 2 is 2.21 bits per heavy atom. The lowest BCUT2D eigenvalue weighted by molar-refractivity contribution is -0.137. The van der Waals surface area contributed by atoms with Gasteiger partial charge in [-0.15, -0.1) is 0 Å². The molecule has 1 aromatic rings. The lowest BCUT2D eigenvalue weighted by Gasteiger charge is -2.10. The molecule has 0 radical (unpaired) electrons. The Balaban J connectivity index is 1.82. The van der Waals surface area contributed by atoms with Crippen LogP contribution in [0.1, 0.15) is 18.4 Å². The first kappa shape index (κ1) is 13.4. The number of carboxylic acid groups (broad SMARTS) is 1. The lowest BCUT2D eigenvalue weighted by Crippen LogP contribution is -2.15. The van der Waals surface area contributed by atoms with Crippen molar-refractivity contribution in [3.63, 3.8) is 0 Å². The first-order valence-corrected chi connectivity index (χ1v) is 6.22. The molecule has 0 fully saturated rings. The number of aliphatic imine (C=N–C) groups is 1. The second kappa shape index (κ2) is 6.22. The molecule has 0 saturated heterocycles. The molecule has 1 N–H and O–H groups in total. The first-order chi connectivity index (χ1) is 9.17. The molecule has 2 rings (SSSR count). The van der Waals surface area contributed by atoms with E-state index in [1.165, 1.54) is 0 Å². The minimum Gasteiger partial charge on any atom is -0.497 e. The van der Waals surface area contributed by atoms with E-state index in [1.54, 1.807) is 7.11 Å². The van der Waals surface area contributed by atoms with Crippen LogP contribution in [0.25, 0.3) is 0 Å². The Kier molecular flexibility index (Phi) is 4.39. The van der Waals surface area contributed by atoms with E-state index in [9.17, 15) is 4.79 Å². The molecule has 1 atom stereocenters. The fourth-order valence-electron chi connectivity index (χ4n) is 1.92. The molecule has 0 amide bonds. The zero-order chi connectivity index (χ0) is 13.7. The predicted octanol–water partition coefficient (Wildman–Crippen LogP) is 1.90. The summed E-state index contributed by atoms with van der Waals surface area (Å²) in [5.74, 6) is 0.699. The standard InChI is InChI=1S/C14H17NO4/c1-18-11-4-2-10(3-5-11)8-13-15-9-12(19-13)6-7-14(16)17/h2-5,12H,6-9H2,1H3,(H,16,17). The Hall–Kier alpha value is -2.04. The van der Waals surface area contributed by atoms with Crippen molar-refractivity contribution in [1.82, 2.24) is 0 Å². The van der Waals surface area contributed by atoms with Gasteiger partial charge >= 0.3 is 5.97 Å². The van der Waals surface area contributed by atoms with Crippen LogP contribution in [0, 0.1) is 0 Å². The number of hydrogen-bond donors (Lipinski definition) is 1. The Labute approximate surface area is 111 Å². The summed E-state index contributed by atoms with van der Waals surface area (Å²) in [4.78, 5) is 14.8. The zero-order valence-corrected chi connectivity index (χ0v) is 10.8. The summed E-state index contributed by atoms with van der Waals surface area (Å²) >= 11 is 0. The Morgan fingerprint density at radius 3 is 2.84 bits per heavy atom. The summed E-state index contributed by atoms with van der Waals surface area (Å²) in [5.41, 5.74) is 1.10. The van der Waals surface area contributed by atoms with E-state index in [4.69, 9.17) is 14.6 Å². The Morgan fingerprint density at radius 1 is 1.47 bits per heavy atom.